The summed E-state index contributed by atoms with van der Waals surface area (Å²) in [5.74, 6) is -1.16. The van der Waals surface area contributed by atoms with Gasteiger partial charge in [0.1, 0.15) is 17.3 Å². The lowest BCUT2D eigenvalue weighted by atomic mass is 10.2. The molecular formula is C18H11F2N3OS. The lowest BCUT2D eigenvalue weighted by molar-refractivity contribution is 0.102. The molecule has 7 heteroatoms. The van der Waals surface area contributed by atoms with Crippen LogP contribution in [0.1, 0.15) is 10.5 Å². The fourth-order valence-corrected chi connectivity index (χ4v) is 3.23. The van der Waals surface area contributed by atoms with E-state index in [1.807, 2.05) is 0 Å². The van der Waals surface area contributed by atoms with Crippen LogP contribution in [0.5, 0.6) is 0 Å². The monoisotopic (exact) mass is 355 g/mol. The van der Waals surface area contributed by atoms with Crippen molar-refractivity contribution in [2.45, 2.75) is 0 Å². The van der Waals surface area contributed by atoms with E-state index in [0.29, 0.717) is 27.3 Å². The van der Waals surface area contributed by atoms with E-state index in [0.717, 1.165) is 0 Å². The number of aromatic nitrogens is 2. The Hall–Kier alpha value is -3.06. The predicted molar refractivity (Wildman–Crippen MR) is 93.7 cm³/mol. The van der Waals surface area contributed by atoms with Gasteiger partial charge in [0.2, 0.25) is 0 Å². The highest BCUT2D eigenvalue weighted by molar-refractivity contribution is 7.14. The highest BCUT2D eigenvalue weighted by atomic mass is 32.1. The van der Waals surface area contributed by atoms with Crippen molar-refractivity contribution in [3.05, 3.63) is 71.2 Å². The fourth-order valence-electron chi connectivity index (χ4n) is 2.52. The van der Waals surface area contributed by atoms with Gasteiger partial charge in [-0.1, -0.05) is 18.2 Å². The molecular weight excluding hydrogens is 344 g/mol. The van der Waals surface area contributed by atoms with Crippen LogP contribution in [0.4, 0.5) is 13.9 Å². The lowest BCUT2D eigenvalue weighted by Crippen LogP contribution is -2.11. The summed E-state index contributed by atoms with van der Waals surface area (Å²) in [4.78, 5) is 19.5. The van der Waals surface area contributed by atoms with Crippen LogP contribution in [0.15, 0.2) is 53.9 Å². The topological polar surface area (TPSA) is 57.8 Å². The quantitative estimate of drug-likeness (QED) is 0.553. The molecule has 1 amide bonds. The van der Waals surface area contributed by atoms with E-state index in [9.17, 15) is 13.6 Å². The molecule has 4 rings (SSSR count). The first-order valence-corrected chi connectivity index (χ1v) is 8.28. The molecule has 0 saturated carbocycles. The van der Waals surface area contributed by atoms with Gasteiger partial charge in [-0.3, -0.25) is 10.1 Å². The summed E-state index contributed by atoms with van der Waals surface area (Å²) in [5, 5.41) is 5.13. The molecule has 0 saturated heterocycles. The fraction of sp³-hybridized carbons (Fsp3) is 0. The molecule has 2 aromatic carbocycles. The van der Waals surface area contributed by atoms with E-state index in [-0.39, 0.29) is 11.5 Å². The van der Waals surface area contributed by atoms with E-state index in [2.05, 4.69) is 15.3 Å². The normalized spacial score (nSPS) is 11.0. The zero-order valence-electron chi connectivity index (χ0n) is 12.7. The molecule has 0 bridgehead atoms. The van der Waals surface area contributed by atoms with Gasteiger partial charge in [0.25, 0.3) is 5.91 Å². The zero-order valence-corrected chi connectivity index (χ0v) is 13.5. The number of aromatic amines is 1. The Bertz CT molecular complexity index is 1090. The van der Waals surface area contributed by atoms with E-state index in [1.165, 1.54) is 35.6 Å². The number of hydrogen-bond acceptors (Lipinski definition) is 3. The van der Waals surface area contributed by atoms with E-state index >= 15 is 0 Å². The Morgan fingerprint density at radius 2 is 1.96 bits per heavy atom. The predicted octanol–water partition coefficient (Wildman–Crippen LogP) is 4.82. The summed E-state index contributed by atoms with van der Waals surface area (Å²) in [6, 6.07) is 12.1. The van der Waals surface area contributed by atoms with Gasteiger partial charge in [-0.15, -0.1) is 11.3 Å². The van der Waals surface area contributed by atoms with Crippen LogP contribution in [0.25, 0.3) is 22.2 Å². The molecule has 0 radical (unpaired) electrons. The van der Waals surface area contributed by atoms with Crippen molar-refractivity contribution in [3.8, 4) is 11.3 Å². The minimum Gasteiger partial charge on any atom is -0.350 e. The summed E-state index contributed by atoms with van der Waals surface area (Å²) in [7, 11) is 0. The Morgan fingerprint density at radius 1 is 1.12 bits per heavy atom. The maximum absolute atomic E-state index is 13.7. The van der Waals surface area contributed by atoms with Gasteiger partial charge in [0.15, 0.2) is 5.13 Å². The lowest BCUT2D eigenvalue weighted by Gasteiger charge is -1.99. The van der Waals surface area contributed by atoms with Gasteiger partial charge in [0, 0.05) is 21.8 Å². The number of hydrogen-bond donors (Lipinski definition) is 2. The first-order valence-electron chi connectivity index (χ1n) is 7.40. The number of carbonyl (C=O) groups excluding carboxylic acids is 1. The molecule has 0 unspecified atom stereocenters. The number of thiazole rings is 1. The highest BCUT2D eigenvalue weighted by Gasteiger charge is 2.14. The smallest absolute Gasteiger partial charge is 0.273 e. The van der Waals surface area contributed by atoms with Gasteiger partial charge in [-0.05, 0) is 30.3 Å². The number of carbonyl (C=O) groups is 1. The average Bonchev–Trinajstić information content (AvgIpc) is 3.22. The number of rotatable bonds is 3. The molecule has 2 N–H and O–H groups in total. The minimum atomic E-state index is -0.421. The first-order chi connectivity index (χ1) is 12.1. The van der Waals surface area contributed by atoms with Crippen LogP contribution in [0.2, 0.25) is 0 Å². The molecule has 4 nitrogen and oxygen atoms in total. The van der Waals surface area contributed by atoms with Crippen molar-refractivity contribution in [3.63, 3.8) is 0 Å². The van der Waals surface area contributed by atoms with Crippen LogP contribution < -0.4 is 5.32 Å². The van der Waals surface area contributed by atoms with Crippen molar-refractivity contribution in [1.29, 1.82) is 0 Å². The van der Waals surface area contributed by atoms with Crippen molar-refractivity contribution in [2.75, 3.05) is 5.32 Å². The number of H-pyrrole nitrogens is 1. The van der Waals surface area contributed by atoms with Gasteiger partial charge >= 0.3 is 0 Å². The van der Waals surface area contributed by atoms with Crippen LogP contribution in [-0.4, -0.2) is 15.9 Å². The third-order valence-electron chi connectivity index (χ3n) is 3.70. The molecule has 124 valence electrons. The number of nitrogens with zero attached hydrogens (tertiary/aromatic N) is 1. The van der Waals surface area contributed by atoms with Gasteiger partial charge in [0.05, 0.1) is 5.69 Å². The van der Waals surface area contributed by atoms with Crippen LogP contribution >= 0.6 is 11.3 Å². The molecule has 0 aliphatic carbocycles. The second-order valence-electron chi connectivity index (χ2n) is 5.39. The SMILES string of the molecule is O=C(Nc1nc(-c2cccc(F)c2)cs1)c1cc2c(F)cccc2[nH]1. The summed E-state index contributed by atoms with van der Waals surface area (Å²) in [5.41, 5.74) is 1.99. The van der Waals surface area contributed by atoms with Gasteiger partial charge in [-0.25, -0.2) is 13.8 Å². The Balaban J connectivity index is 1.57. The van der Waals surface area contributed by atoms with E-state index in [4.69, 9.17) is 0 Å². The summed E-state index contributed by atoms with van der Waals surface area (Å²) >= 11 is 1.23. The molecule has 0 spiro atoms. The number of fused-ring (bicyclic) bond motifs is 1. The minimum absolute atomic E-state index is 0.239. The van der Waals surface area contributed by atoms with Crippen LogP contribution in [0, 0.1) is 11.6 Å². The summed E-state index contributed by atoms with van der Waals surface area (Å²) in [6.07, 6.45) is 0. The number of nitrogens with one attached hydrogen (secondary N) is 2. The molecule has 0 aliphatic heterocycles. The Labute approximate surface area is 145 Å². The molecule has 25 heavy (non-hydrogen) atoms. The second-order valence-corrected chi connectivity index (χ2v) is 6.24. The standard InChI is InChI=1S/C18H11F2N3OS/c19-11-4-1-3-10(7-11)16-9-25-18(22-16)23-17(24)15-8-12-13(20)5-2-6-14(12)21-15/h1-9,21H,(H,22,23,24). The maximum atomic E-state index is 13.7. The number of anilines is 1. The molecule has 0 aliphatic rings. The van der Waals surface area contributed by atoms with E-state index < -0.39 is 11.7 Å². The van der Waals surface area contributed by atoms with Crippen molar-refractivity contribution in [1.82, 2.24) is 9.97 Å². The van der Waals surface area contributed by atoms with Crippen molar-refractivity contribution >= 4 is 33.3 Å². The number of benzene rings is 2. The third kappa shape index (κ3) is 3.01. The molecule has 0 atom stereocenters. The van der Waals surface area contributed by atoms with Crippen molar-refractivity contribution < 1.29 is 13.6 Å². The van der Waals surface area contributed by atoms with Crippen molar-refractivity contribution in [2.24, 2.45) is 0 Å². The van der Waals surface area contributed by atoms with Crippen LogP contribution in [-0.2, 0) is 0 Å². The summed E-state index contributed by atoms with van der Waals surface area (Å²) < 4.78 is 27.0. The Kier molecular flexibility index (Phi) is 3.77. The summed E-state index contributed by atoms with van der Waals surface area (Å²) in [6.45, 7) is 0. The largest absolute Gasteiger partial charge is 0.350 e. The molecule has 2 heterocycles. The van der Waals surface area contributed by atoms with Crippen LogP contribution in [0.3, 0.4) is 0 Å². The molecule has 2 aromatic heterocycles. The number of halogens is 2. The highest BCUT2D eigenvalue weighted by Crippen LogP contribution is 2.26. The third-order valence-corrected chi connectivity index (χ3v) is 4.46. The van der Waals surface area contributed by atoms with Gasteiger partial charge in [-0.2, -0.15) is 0 Å². The molecule has 0 fully saturated rings. The Morgan fingerprint density at radius 3 is 2.76 bits per heavy atom. The maximum Gasteiger partial charge on any atom is 0.273 e. The second kappa shape index (κ2) is 6.10. The van der Waals surface area contributed by atoms with Gasteiger partial charge < -0.3 is 4.98 Å². The zero-order chi connectivity index (χ0) is 17.4. The van der Waals surface area contributed by atoms with E-state index in [1.54, 1.807) is 29.6 Å². The average molecular weight is 355 g/mol. The number of amides is 1. The first kappa shape index (κ1) is 15.5. The molecule has 4 aromatic rings.